The second-order valence-electron chi connectivity index (χ2n) is 2.37. The topological polar surface area (TPSA) is 52.9 Å². The number of hydrogen-bond acceptors (Lipinski definition) is 2. The number of anilines is 1. The zero-order chi connectivity index (χ0) is 9.68. The zero-order valence-corrected chi connectivity index (χ0v) is 6.75. The van der Waals surface area contributed by atoms with Gasteiger partial charge in [0.15, 0.2) is 6.67 Å². The quantitative estimate of drug-likeness (QED) is 0.745. The molecule has 13 heavy (non-hydrogen) atoms. The molecule has 3 nitrogen and oxygen atoms in total. The number of halogens is 1. The maximum Gasteiger partial charge on any atom is 0.255 e. The minimum absolute atomic E-state index is 0.488. The van der Waals surface area contributed by atoms with Gasteiger partial charge in [-0.25, -0.2) is 4.39 Å². The second-order valence-corrected chi connectivity index (χ2v) is 2.37. The summed E-state index contributed by atoms with van der Waals surface area (Å²) in [7, 11) is 0. The number of amides is 1. The van der Waals surface area contributed by atoms with Crippen LogP contribution in [-0.2, 0) is 4.79 Å². The summed E-state index contributed by atoms with van der Waals surface area (Å²) in [5.74, 6) is -0.690. The smallest absolute Gasteiger partial charge is 0.255 e. The van der Waals surface area contributed by atoms with E-state index in [0.29, 0.717) is 11.3 Å². The van der Waals surface area contributed by atoms with E-state index in [1.807, 2.05) is 6.07 Å². The molecule has 1 aromatic carbocycles. The SMILES string of the molecule is N#Cc1ccc(NC(=O)CF)cc1. The third-order valence-corrected chi connectivity index (χ3v) is 1.42. The van der Waals surface area contributed by atoms with Crippen LogP contribution in [0, 0.1) is 11.3 Å². The molecule has 0 saturated carbocycles. The minimum atomic E-state index is -1.04. The van der Waals surface area contributed by atoms with Crippen LogP contribution in [0.1, 0.15) is 5.56 Å². The number of carbonyl (C=O) groups excluding carboxylic acids is 1. The maximum atomic E-state index is 11.8. The van der Waals surface area contributed by atoms with Crippen molar-refractivity contribution >= 4 is 11.6 Å². The molecule has 0 atom stereocenters. The van der Waals surface area contributed by atoms with Crippen LogP contribution in [-0.4, -0.2) is 12.6 Å². The number of alkyl halides is 1. The highest BCUT2D eigenvalue weighted by molar-refractivity contribution is 5.91. The average Bonchev–Trinajstić information content (AvgIpc) is 2.19. The lowest BCUT2D eigenvalue weighted by Crippen LogP contribution is -2.12. The Morgan fingerprint density at radius 1 is 1.46 bits per heavy atom. The number of hydrogen-bond donors (Lipinski definition) is 1. The molecular weight excluding hydrogens is 171 g/mol. The summed E-state index contributed by atoms with van der Waals surface area (Å²) in [4.78, 5) is 10.6. The minimum Gasteiger partial charge on any atom is -0.324 e. The lowest BCUT2D eigenvalue weighted by Gasteiger charge is -2.00. The van der Waals surface area contributed by atoms with Crippen molar-refractivity contribution in [1.82, 2.24) is 0 Å². The first-order chi connectivity index (χ1) is 6.26. The molecule has 0 aliphatic carbocycles. The van der Waals surface area contributed by atoms with Crippen molar-refractivity contribution in [2.75, 3.05) is 12.0 Å². The molecule has 66 valence electrons. The fraction of sp³-hybridized carbons (Fsp3) is 0.111. The summed E-state index contributed by atoms with van der Waals surface area (Å²) in [5.41, 5.74) is 0.986. The van der Waals surface area contributed by atoms with Crippen LogP contribution in [0.25, 0.3) is 0 Å². The van der Waals surface area contributed by atoms with E-state index >= 15 is 0 Å². The van der Waals surface area contributed by atoms with E-state index in [0.717, 1.165) is 0 Å². The van der Waals surface area contributed by atoms with Crippen molar-refractivity contribution in [2.45, 2.75) is 0 Å². The summed E-state index contributed by atoms with van der Waals surface area (Å²) >= 11 is 0. The Bertz CT molecular complexity index is 340. The molecule has 0 radical (unpaired) electrons. The normalized spacial score (nSPS) is 8.92. The van der Waals surface area contributed by atoms with Crippen LogP contribution in [0.15, 0.2) is 24.3 Å². The number of benzene rings is 1. The Kier molecular flexibility index (Phi) is 2.98. The molecule has 1 amide bonds. The van der Waals surface area contributed by atoms with Crippen LogP contribution in [0.2, 0.25) is 0 Å². The number of nitrogens with zero attached hydrogens (tertiary/aromatic N) is 1. The molecule has 1 N–H and O–H groups in total. The fourth-order valence-corrected chi connectivity index (χ4v) is 0.822. The highest BCUT2D eigenvalue weighted by Crippen LogP contribution is 2.08. The van der Waals surface area contributed by atoms with Gasteiger partial charge in [0.2, 0.25) is 0 Å². The van der Waals surface area contributed by atoms with Gasteiger partial charge in [-0.05, 0) is 24.3 Å². The summed E-state index contributed by atoms with van der Waals surface area (Å²) < 4.78 is 11.8. The fourth-order valence-electron chi connectivity index (χ4n) is 0.822. The van der Waals surface area contributed by atoms with E-state index < -0.39 is 12.6 Å². The molecule has 0 bridgehead atoms. The zero-order valence-electron chi connectivity index (χ0n) is 6.75. The van der Waals surface area contributed by atoms with Gasteiger partial charge in [-0.1, -0.05) is 0 Å². The first-order valence-electron chi connectivity index (χ1n) is 3.62. The number of carbonyl (C=O) groups is 1. The maximum absolute atomic E-state index is 11.8. The van der Waals surface area contributed by atoms with E-state index in [2.05, 4.69) is 5.32 Å². The Morgan fingerprint density at radius 2 is 2.08 bits per heavy atom. The second kappa shape index (κ2) is 4.21. The molecule has 0 saturated heterocycles. The summed E-state index contributed by atoms with van der Waals surface area (Å²) in [6.45, 7) is -1.04. The lowest BCUT2D eigenvalue weighted by atomic mass is 10.2. The van der Waals surface area contributed by atoms with Crippen LogP contribution in [0.5, 0.6) is 0 Å². The van der Waals surface area contributed by atoms with Gasteiger partial charge in [-0.15, -0.1) is 0 Å². The van der Waals surface area contributed by atoms with Crippen LogP contribution in [0.4, 0.5) is 10.1 Å². The van der Waals surface area contributed by atoms with Crippen molar-refractivity contribution in [3.63, 3.8) is 0 Å². The first kappa shape index (κ1) is 9.20. The monoisotopic (exact) mass is 178 g/mol. The van der Waals surface area contributed by atoms with Gasteiger partial charge in [0, 0.05) is 5.69 Å². The Morgan fingerprint density at radius 3 is 2.54 bits per heavy atom. The van der Waals surface area contributed by atoms with E-state index in [1.54, 1.807) is 24.3 Å². The van der Waals surface area contributed by atoms with Gasteiger partial charge in [0.05, 0.1) is 11.6 Å². The number of rotatable bonds is 2. The molecule has 1 aromatic rings. The van der Waals surface area contributed by atoms with Crippen molar-refractivity contribution in [3.05, 3.63) is 29.8 Å². The predicted molar refractivity (Wildman–Crippen MR) is 45.8 cm³/mol. The van der Waals surface area contributed by atoms with Crippen molar-refractivity contribution in [3.8, 4) is 6.07 Å². The van der Waals surface area contributed by atoms with E-state index in [1.165, 1.54) is 0 Å². The van der Waals surface area contributed by atoms with Crippen LogP contribution >= 0.6 is 0 Å². The van der Waals surface area contributed by atoms with Crippen molar-refractivity contribution in [2.24, 2.45) is 0 Å². The molecule has 0 aromatic heterocycles. The van der Waals surface area contributed by atoms with Crippen LogP contribution in [0.3, 0.4) is 0 Å². The molecule has 0 aliphatic heterocycles. The third kappa shape index (κ3) is 2.56. The standard InChI is InChI=1S/C9H7FN2O/c10-5-9(13)12-8-3-1-7(6-11)2-4-8/h1-4H,5H2,(H,12,13). The first-order valence-corrected chi connectivity index (χ1v) is 3.62. The third-order valence-electron chi connectivity index (χ3n) is 1.42. The average molecular weight is 178 g/mol. The predicted octanol–water partition coefficient (Wildman–Crippen LogP) is 1.47. The number of nitrogens with one attached hydrogen (secondary N) is 1. The highest BCUT2D eigenvalue weighted by atomic mass is 19.1. The Balaban J connectivity index is 2.71. The Labute approximate surface area is 74.8 Å². The molecular formula is C9H7FN2O. The van der Waals surface area contributed by atoms with Gasteiger partial charge in [0.1, 0.15) is 0 Å². The van der Waals surface area contributed by atoms with Gasteiger partial charge in [0.25, 0.3) is 5.91 Å². The Hall–Kier alpha value is -1.89. The molecule has 1 rings (SSSR count). The van der Waals surface area contributed by atoms with Crippen molar-refractivity contribution < 1.29 is 9.18 Å². The van der Waals surface area contributed by atoms with E-state index in [4.69, 9.17) is 5.26 Å². The van der Waals surface area contributed by atoms with Gasteiger partial charge in [-0.2, -0.15) is 5.26 Å². The summed E-state index contributed by atoms with van der Waals surface area (Å²) in [5, 5.41) is 10.8. The molecule has 0 unspecified atom stereocenters. The molecule has 0 heterocycles. The van der Waals surface area contributed by atoms with E-state index in [9.17, 15) is 9.18 Å². The van der Waals surface area contributed by atoms with Gasteiger partial charge < -0.3 is 5.32 Å². The highest BCUT2D eigenvalue weighted by Gasteiger charge is 1.99. The molecule has 0 spiro atoms. The van der Waals surface area contributed by atoms with Crippen LogP contribution < -0.4 is 5.32 Å². The largest absolute Gasteiger partial charge is 0.324 e. The molecule has 0 aliphatic rings. The molecule has 0 fully saturated rings. The molecule has 4 heteroatoms. The summed E-state index contributed by atoms with van der Waals surface area (Å²) in [6, 6.07) is 8.13. The van der Waals surface area contributed by atoms with Crippen molar-refractivity contribution in [1.29, 1.82) is 5.26 Å². The van der Waals surface area contributed by atoms with Gasteiger partial charge in [-0.3, -0.25) is 4.79 Å². The van der Waals surface area contributed by atoms with E-state index in [-0.39, 0.29) is 0 Å². The van der Waals surface area contributed by atoms with Gasteiger partial charge >= 0.3 is 0 Å². The summed E-state index contributed by atoms with van der Waals surface area (Å²) in [6.07, 6.45) is 0. The number of nitriles is 1. The lowest BCUT2D eigenvalue weighted by molar-refractivity contribution is -0.117.